The maximum Gasteiger partial charge on any atom is 0.328 e. The molecule has 0 bridgehead atoms. The second-order valence-corrected chi connectivity index (χ2v) is 14.9. The number of carbonyl (C=O) groups excluding carboxylic acids is 6. The van der Waals surface area contributed by atoms with Crippen molar-refractivity contribution in [3.63, 3.8) is 0 Å². The number of aromatic hydroxyl groups is 1. The molecular formula is C41H56N8O8. The van der Waals surface area contributed by atoms with Crippen LogP contribution in [0.3, 0.4) is 0 Å². The van der Waals surface area contributed by atoms with Gasteiger partial charge in [0, 0.05) is 37.7 Å². The summed E-state index contributed by atoms with van der Waals surface area (Å²) in [6, 6.07) is 9.10. The Labute approximate surface area is 333 Å². The van der Waals surface area contributed by atoms with E-state index in [0.29, 0.717) is 30.5 Å². The van der Waals surface area contributed by atoms with Gasteiger partial charge in [-0.1, -0.05) is 76.6 Å². The zero-order valence-corrected chi connectivity index (χ0v) is 33.2. The third-order valence-corrected chi connectivity index (χ3v) is 10.3. The van der Waals surface area contributed by atoms with E-state index in [1.807, 2.05) is 37.3 Å². The van der Waals surface area contributed by atoms with Crippen LogP contribution >= 0.6 is 0 Å². The number of methoxy groups -OCH3 is 1. The number of aromatic amines is 1. The van der Waals surface area contributed by atoms with Gasteiger partial charge in [-0.15, -0.1) is 0 Å². The van der Waals surface area contributed by atoms with Crippen molar-refractivity contribution >= 4 is 35.5 Å². The SMILES string of the molecule is CC[C@H](C)[C@@H](NC(=O)[C@@H](Cc1ccc(O)cc1)NC(=O)[C@H](N)C(C)C)C(=O)N[C@@H](Cc1cnc[nH]1)C(=O)N1CCC[C@@H]1C(=O)N[C@@H](Cc1ccccc1)C(=O)OC. The molecule has 0 spiro atoms. The van der Waals surface area contributed by atoms with Gasteiger partial charge in [-0.3, -0.25) is 24.0 Å². The second-order valence-electron chi connectivity index (χ2n) is 14.9. The van der Waals surface area contributed by atoms with Gasteiger partial charge in [-0.2, -0.15) is 0 Å². The van der Waals surface area contributed by atoms with E-state index < -0.39 is 77.7 Å². The van der Waals surface area contributed by atoms with Gasteiger partial charge in [0.2, 0.25) is 29.5 Å². The fourth-order valence-corrected chi connectivity index (χ4v) is 6.64. The van der Waals surface area contributed by atoms with E-state index in [4.69, 9.17) is 10.5 Å². The van der Waals surface area contributed by atoms with Crippen LogP contribution in [0.2, 0.25) is 0 Å². The van der Waals surface area contributed by atoms with E-state index in [1.165, 1.54) is 36.7 Å². The first-order valence-electron chi connectivity index (χ1n) is 19.4. The van der Waals surface area contributed by atoms with E-state index in [0.717, 1.165) is 5.56 Å². The molecule has 3 aromatic rings. The van der Waals surface area contributed by atoms with E-state index in [-0.39, 0.29) is 37.5 Å². The topological polar surface area (TPSA) is 238 Å². The van der Waals surface area contributed by atoms with Crippen LogP contribution in [-0.2, 0) is 52.8 Å². The molecule has 308 valence electrons. The number of esters is 1. The molecule has 16 heteroatoms. The molecule has 4 rings (SSSR count). The van der Waals surface area contributed by atoms with E-state index >= 15 is 0 Å². The van der Waals surface area contributed by atoms with Gasteiger partial charge in [0.05, 0.1) is 19.5 Å². The number of hydrogen-bond donors (Lipinski definition) is 7. The molecular weight excluding hydrogens is 732 g/mol. The minimum atomic E-state index is -1.17. The van der Waals surface area contributed by atoms with Crippen LogP contribution in [0.1, 0.15) is 63.8 Å². The molecule has 1 aliphatic heterocycles. The van der Waals surface area contributed by atoms with Crippen molar-refractivity contribution in [1.29, 1.82) is 0 Å². The normalized spacial score (nSPS) is 17.0. The number of nitrogens with one attached hydrogen (secondary N) is 5. The number of H-pyrrole nitrogens is 1. The molecule has 0 aliphatic carbocycles. The van der Waals surface area contributed by atoms with Crippen molar-refractivity contribution in [2.24, 2.45) is 17.6 Å². The zero-order valence-electron chi connectivity index (χ0n) is 33.2. The standard InChI is InChI=1S/C41H56N8O8/c1-6-25(4)35(48-36(51)30(45-38(53)34(42)24(2)3)19-27-14-16-29(50)17-15-27)39(54)46-31(21-28-22-43-23-44-28)40(55)49-18-10-13-33(49)37(52)47-32(41(56)57-5)20-26-11-8-7-9-12-26/h7-9,11-12,14-17,22-25,30-35,50H,6,10,13,18-21,42H2,1-5H3,(H,43,44)(H,45,53)(H,46,54)(H,47,52)(H,48,51)/t25-,30+,31-,32-,33+,34+,35+/m0/s1. The Balaban J connectivity index is 1.55. The molecule has 1 aromatic heterocycles. The highest BCUT2D eigenvalue weighted by Gasteiger charge is 2.40. The lowest BCUT2D eigenvalue weighted by atomic mass is 9.96. The predicted molar refractivity (Wildman–Crippen MR) is 211 cm³/mol. The van der Waals surface area contributed by atoms with Gasteiger partial charge in [-0.05, 0) is 47.9 Å². The van der Waals surface area contributed by atoms with Crippen molar-refractivity contribution in [3.05, 3.63) is 83.9 Å². The van der Waals surface area contributed by atoms with E-state index in [1.54, 1.807) is 32.9 Å². The summed E-state index contributed by atoms with van der Waals surface area (Å²) >= 11 is 0. The number of rotatable bonds is 19. The van der Waals surface area contributed by atoms with Gasteiger partial charge >= 0.3 is 5.97 Å². The fraction of sp³-hybridized carbons (Fsp3) is 0.488. The summed E-state index contributed by atoms with van der Waals surface area (Å²) < 4.78 is 4.97. The van der Waals surface area contributed by atoms with Crippen molar-refractivity contribution in [1.82, 2.24) is 36.1 Å². The average molecular weight is 789 g/mol. The van der Waals surface area contributed by atoms with Gasteiger partial charge in [0.15, 0.2) is 0 Å². The van der Waals surface area contributed by atoms with Crippen LogP contribution < -0.4 is 27.0 Å². The van der Waals surface area contributed by atoms with Crippen LogP contribution in [-0.4, -0.2) is 105 Å². The molecule has 8 N–H and O–H groups in total. The van der Waals surface area contributed by atoms with Gasteiger partial charge in [-0.25, -0.2) is 9.78 Å². The second kappa shape index (κ2) is 20.9. The summed E-state index contributed by atoms with van der Waals surface area (Å²) in [4.78, 5) is 90.6. The van der Waals surface area contributed by atoms with Crippen LogP contribution in [0.15, 0.2) is 67.1 Å². The number of nitrogens with zero attached hydrogens (tertiary/aromatic N) is 2. The van der Waals surface area contributed by atoms with Gasteiger partial charge < -0.3 is 46.7 Å². The molecule has 5 amide bonds. The molecule has 1 aliphatic rings. The van der Waals surface area contributed by atoms with Crippen molar-refractivity contribution in [3.8, 4) is 5.75 Å². The highest BCUT2D eigenvalue weighted by molar-refractivity contribution is 5.97. The molecule has 1 saturated heterocycles. The highest BCUT2D eigenvalue weighted by atomic mass is 16.5. The molecule has 2 heterocycles. The number of imidazole rings is 1. The number of nitrogens with two attached hydrogens (primary N) is 1. The highest BCUT2D eigenvalue weighted by Crippen LogP contribution is 2.21. The molecule has 1 fully saturated rings. The number of ether oxygens (including phenoxy) is 1. The lowest BCUT2D eigenvalue weighted by molar-refractivity contribution is -0.147. The molecule has 0 saturated carbocycles. The molecule has 57 heavy (non-hydrogen) atoms. The summed E-state index contributed by atoms with van der Waals surface area (Å²) in [6.45, 7) is 7.44. The summed E-state index contributed by atoms with van der Waals surface area (Å²) in [5.74, 6) is -4.09. The number of phenols is 1. The number of benzene rings is 2. The van der Waals surface area contributed by atoms with Crippen LogP contribution in [0.25, 0.3) is 0 Å². The Kier molecular flexibility index (Phi) is 16.2. The number of carbonyl (C=O) groups is 6. The predicted octanol–water partition coefficient (Wildman–Crippen LogP) is 1.28. The van der Waals surface area contributed by atoms with Crippen molar-refractivity contribution in [2.75, 3.05) is 13.7 Å². The summed E-state index contributed by atoms with van der Waals surface area (Å²) in [6.07, 6.45) is 4.52. The van der Waals surface area contributed by atoms with Crippen LogP contribution in [0.4, 0.5) is 0 Å². The smallest absolute Gasteiger partial charge is 0.328 e. The average Bonchev–Trinajstić information content (AvgIpc) is 3.92. The molecule has 2 aromatic carbocycles. The summed E-state index contributed by atoms with van der Waals surface area (Å²) in [5, 5.41) is 21.0. The Morgan fingerprint density at radius 3 is 2.12 bits per heavy atom. The summed E-state index contributed by atoms with van der Waals surface area (Å²) in [5.41, 5.74) is 8.10. The van der Waals surface area contributed by atoms with Gasteiger partial charge in [0.25, 0.3) is 0 Å². The van der Waals surface area contributed by atoms with Crippen LogP contribution in [0.5, 0.6) is 5.75 Å². The maximum atomic E-state index is 14.4. The van der Waals surface area contributed by atoms with Gasteiger partial charge in [0.1, 0.15) is 36.0 Å². The first-order valence-corrected chi connectivity index (χ1v) is 19.4. The minimum Gasteiger partial charge on any atom is -0.508 e. The molecule has 0 radical (unpaired) electrons. The number of amides is 5. The third kappa shape index (κ3) is 12.4. The molecule has 7 atom stereocenters. The fourth-order valence-electron chi connectivity index (χ4n) is 6.64. The van der Waals surface area contributed by atoms with Crippen molar-refractivity contribution < 1.29 is 38.6 Å². The van der Waals surface area contributed by atoms with Crippen LogP contribution in [0, 0.1) is 11.8 Å². The monoisotopic (exact) mass is 788 g/mol. The first kappa shape index (κ1) is 44.0. The third-order valence-electron chi connectivity index (χ3n) is 10.3. The Bertz CT molecular complexity index is 1800. The Hall–Kier alpha value is -5.77. The number of phenolic OH excluding ortho intramolecular Hbond substituents is 1. The molecule has 0 unspecified atom stereocenters. The summed E-state index contributed by atoms with van der Waals surface area (Å²) in [7, 11) is 1.24. The largest absolute Gasteiger partial charge is 0.508 e. The number of aromatic nitrogens is 2. The Morgan fingerprint density at radius 2 is 1.51 bits per heavy atom. The molecule has 16 nitrogen and oxygen atoms in total. The number of likely N-dealkylation sites (tertiary alicyclic amines) is 1. The maximum absolute atomic E-state index is 14.4. The van der Waals surface area contributed by atoms with E-state index in [2.05, 4.69) is 31.2 Å². The zero-order chi connectivity index (χ0) is 41.6. The van der Waals surface area contributed by atoms with Crippen molar-refractivity contribution in [2.45, 2.75) is 102 Å². The van der Waals surface area contributed by atoms with E-state index in [9.17, 15) is 33.9 Å². The Morgan fingerprint density at radius 1 is 0.860 bits per heavy atom. The quantitative estimate of drug-likeness (QED) is 0.0860. The lowest BCUT2D eigenvalue weighted by Crippen LogP contribution is -2.61. The number of hydrogen-bond acceptors (Lipinski definition) is 10. The first-order chi connectivity index (χ1) is 27.2. The minimum absolute atomic E-state index is 0.00199. The lowest BCUT2D eigenvalue weighted by Gasteiger charge is -2.32.